The summed E-state index contributed by atoms with van der Waals surface area (Å²) in [4.78, 5) is 39.2. The zero-order valence-corrected chi connectivity index (χ0v) is 16.4. The highest BCUT2D eigenvalue weighted by Crippen LogP contribution is 2.33. The van der Waals surface area contributed by atoms with E-state index in [-0.39, 0.29) is 5.82 Å². The molecule has 1 fully saturated rings. The van der Waals surface area contributed by atoms with Crippen LogP contribution in [-0.2, 0) is 23.8 Å². The van der Waals surface area contributed by atoms with Crippen LogP contribution in [0.4, 0.5) is 5.82 Å². The molecule has 9 heteroatoms. The minimum Gasteiger partial charge on any atom is -0.456 e. The second kappa shape index (κ2) is 9.37. The highest BCUT2D eigenvalue weighted by Gasteiger charge is 2.48. The van der Waals surface area contributed by atoms with Crippen LogP contribution >= 0.6 is 0 Å². The molecule has 2 N–H and O–H groups in total. The van der Waals surface area contributed by atoms with E-state index in [2.05, 4.69) is 23.7 Å². The smallest absolute Gasteiger partial charge is 0.351 e. The number of esters is 2. The number of hydrogen-bond donors (Lipinski definition) is 1. The van der Waals surface area contributed by atoms with Crippen LogP contribution in [0.15, 0.2) is 11.0 Å². The number of unbranched alkanes of at least 4 members (excludes halogenated alkanes) is 2. The van der Waals surface area contributed by atoms with Gasteiger partial charge in [-0.2, -0.15) is 4.98 Å². The normalized spacial score (nSPS) is 23.6. The number of hydrogen-bond acceptors (Lipinski definition) is 8. The third kappa shape index (κ3) is 5.10. The van der Waals surface area contributed by atoms with Gasteiger partial charge in [-0.3, -0.25) is 14.2 Å². The summed E-state index contributed by atoms with van der Waals surface area (Å²) in [7, 11) is 0. The quantitative estimate of drug-likeness (QED) is 0.450. The average molecular weight is 391 g/mol. The van der Waals surface area contributed by atoms with Crippen molar-refractivity contribution >= 4 is 17.8 Å². The molecule has 1 aromatic rings. The Morgan fingerprint density at radius 2 is 1.93 bits per heavy atom. The Kier molecular flexibility index (Phi) is 7.18. The molecule has 0 saturated carbocycles. The lowest BCUT2D eigenvalue weighted by Crippen LogP contribution is -2.40. The van der Waals surface area contributed by atoms with E-state index in [1.54, 1.807) is 6.92 Å². The number of carbonyl (C=O) groups excluding carboxylic acids is 2. The van der Waals surface area contributed by atoms with Gasteiger partial charge in [0.15, 0.2) is 18.4 Å². The summed E-state index contributed by atoms with van der Waals surface area (Å²) < 4.78 is 17.5. The first-order chi connectivity index (χ1) is 13.2. The van der Waals surface area contributed by atoms with Crippen LogP contribution in [0.5, 0.6) is 0 Å². The van der Waals surface area contributed by atoms with Crippen LogP contribution < -0.4 is 11.4 Å². The molecule has 28 heavy (non-hydrogen) atoms. The second-order valence-corrected chi connectivity index (χ2v) is 6.51. The van der Waals surface area contributed by atoms with Gasteiger partial charge in [0.1, 0.15) is 5.82 Å². The van der Waals surface area contributed by atoms with E-state index in [0.717, 1.165) is 17.4 Å². The number of aromatic nitrogens is 2. The molecule has 2 rings (SSSR count). The van der Waals surface area contributed by atoms with E-state index in [1.165, 1.54) is 20.0 Å². The zero-order chi connectivity index (χ0) is 20.8. The van der Waals surface area contributed by atoms with Crippen LogP contribution in [0.2, 0.25) is 0 Å². The maximum Gasteiger partial charge on any atom is 0.351 e. The van der Waals surface area contributed by atoms with Gasteiger partial charge < -0.3 is 19.9 Å². The number of carbonyl (C=O) groups is 2. The molecule has 0 unspecified atom stereocenters. The van der Waals surface area contributed by atoms with Crippen molar-refractivity contribution < 1.29 is 23.8 Å². The molecule has 1 aliphatic heterocycles. The van der Waals surface area contributed by atoms with E-state index >= 15 is 0 Å². The SMILES string of the molecule is CCCCC#Cc1cn([C@@H]2O[C@H](C)[C@@H](OC(C)=O)[C@H]2OC(C)=O)c(=O)nc1N. The number of ether oxygens (including phenoxy) is 3. The highest BCUT2D eigenvalue weighted by molar-refractivity contribution is 5.67. The molecule has 0 bridgehead atoms. The molecule has 9 nitrogen and oxygen atoms in total. The standard InChI is InChI=1S/C19H25N3O6/c1-5-6-7-8-9-14-10-22(19(25)21-17(14)20)18-16(28-13(4)24)15(11(2)26-18)27-12(3)23/h10-11,15-16,18H,5-7H2,1-4H3,(H2,20,21,25)/t11-,15-,16-,18-/m1/s1. The van der Waals surface area contributed by atoms with Crippen LogP contribution in [0, 0.1) is 11.8 Å². The predicted octanol–water partition coefficient (Wildman–Crippen LogP) is 1.15. The van der Waals surface area contributed by atoms with Gasteiger partial charge in [-0.05, 0) is 13.3 Å². The minimum absolute atomic E-state index is 0.0110. The Hall–Kier alpha value is -2.86. The van der Waals surface area contributed by atoms with Gasteiger partial charge in [0.25, 0.3) is 0 Å². The Labute approximate surface area is 163 Å². The third-order valence-electron chi connectivity index (χ3n) is 4.16. The molecule has 0 radical (unpaired) electrons. The summed E-state index contributed by atoms with van der Waals surface area (Å²) in [6, 6.07) is 0. The molecule has 1 saturated heterocycles. The fraction of sp³-hybridized carbons (Fsp3) is 0.579. The van der Waals surface area contributed by atoms with Gasteiger partial charge in [-0.25, -0.2) is 4.79 Å². The van der Waals surface area contributed by atoms with Crippen LogP contribution in [-0.4, -0.2) is 39.8 Å². The molecule has 1 aliphatic rings. The van der Waals surface area contributed by atoms with Gasteiger partial charge in [0.05, 0.1) is 11.7 Å². The van der Waals surface area contributed by atoms with Crippen molar-refractivity contribution in [2.45, 2.75) is 71.5 Å². The summed E-state index contributed by atoms with van der Waals surface area (Å²) in [5.41, 5.74) is 5.50. The van der Waals surface area contributed by atoms with Crippen molar-refractivity contribution in [3.05, 3.63) is 22.2 Å². The number of nitrogen functional groups attached to an aromatic ring is 1. The number of rotatable bonds is 5. The Morgan fingerprint density at radius 3 is 2.54 bits per heavy atom. The Bertz CT molecular complexity index is 853. The molecule has 4 atom stereocenters. The monoisotopic (exact) mass is 391 g/mol. The summed E-state index contributed by atoms with van der Waals surface area (Å²) in [5.74, 6) is 4.75. The molecular formula is C19H25N3O6. The fourth-order valence-corrected chi connectivity index (χ4v) is 2.88. The van der Waals surface area contributed by atoms with Crippen molar-refractivity contribution in [2.24, 2.45) is 0 Å². The minimum atomic E-state index is -1.03. The Balaban J connectivity index is 2.42. The zero-order valence-electron chi connectivity index (χ0n) is 16.4. The van der Waals surface area contributed by atoms with Crippen molar-refractivity contribution in [2.75, 3.05) is 5.73 Å². The van der Waals surface area contributed by atoms with Crippen LogP contribution in [0.3, 0.4) is 0 Å². The van der Waals surface area contributed by atoms with E-state index in [9.17, 15) is 14.4 Å². The van der Waals surface area contributed by atoms with E-state index in [4.69, 9.17) is 19.9 Å². The van der Waals surface area contributed by atoms with Crippen molar-refractivity contribution in [3.63, 3.8) is 0 Å². The van der Waals surface area contributed by atoms with Crippen molar-refractivity contribution in [1.29, 1.82) is 0 Å². The molecule has 0 spiro atoms. The molecule has 2 heterocycles. The maximum atomic E-state index is 12.4. The van der Waals surface area contributed by atoms with E-state index < -0.39 is 42.2 Å². The number of anilines is 1. The van der Waals surface area contributed by atoms with Crippen LogP contribution in [0.25, 0.3) is 0 Å². The lowest BCUT2D eigenvalue weighted by atomic mass is 10.1. The lowest BCUT2D eigenvalue weighted by molar-refractivity contribution is -0.165. The molecular weight excluding hydrogens is 366 g/mol. The maximum absolute atomic E-state index is 12.4. The molecule has 0 aliphatic carbocycles. The molecule has 1 aromatic heterocycles. The number of nitrogens with two attached hydrogens (primary N) is 1. The second-order valence-electron chi connectivity index (χ2n) is 6.51. The van der Waals surface area contributed by atoms with Gasteiger partial charge >= 0.3 is 17.6 Å². The topological polar surface area (TPSA) is 123 Å². The molecule has 152 valence electrons. The summed E-state index contributed by atoms with van der Waals surface area (Å²) in [6.07, 6.45) is 0.556. The first-order valence-electron chi connectivity index (χ1n) is 9.12. The summed E-state index contributed by atoms with van der Waals surface area (Å²) >= 11 is 0. The van der Waals surface area contributed by atoms with Crippen molar-refractivity contribution in [3.8, 4) is 11.8 Å². The first kappa shape index (κ1) is 21.4. The van der Waals surface area contributed by atoms with E-state index in [0.29, 0.717) is 12.0 Å². The van der Waals surface area contributed by atoms with Gasteiger partial charge in [-0.15, -0.1) is 0 Å². The third-order valence-corrected chi connectivity index (χ3v) is 4.16. The summed E-state index contributed by atoms with van der Waals surface area (Å²) in [5, 5.41) is 0. The molecule has 0 aromatic carbocycles. The highest BCUT2D eigenvalue weighted by atomic mass is 16.6. The average Bonchev–Trinajstić information content (AvgIpc) is 2.88. The first-order valence-corrected chi connectivity index (χ1v) is 9.12. The molecule has 0 amide bonds. The summed E-state index contributed by atoms with van der Waals surface area (Å²) in [6.45, 7) is 6.18. The van der Waals surface area contributed by atoms with E-state index in [1.807, 2.05) is 0 Å². The van der Waals surface area contributed by atoms with Gasteiger partial charge in [0.2, 0.25) is 0 Å². The Morgan fingerprint density at radius 1 is 1.29 bits per heavy atom. The van der Waals surface area contributed by atoms with Crippen molar-refractivity contribution in [1.82, 2.24) is 9.55 Å². The van der Waals surface area contributed by atoms with Gasteiger partial charge in [0, 0.05) is 26.5 Å². The predicted molar refractivity (Wildman–Crippen MR) is 100 cm³/mol. The largest absolute Gasteiger partial charge is 0.456 e. The van der Waals surface area contributed by atoms with Gasteiger partial charge in [-0.1, -0.05) is 25.2 Å². The number of nitrogens with zero attached hydrogens (tertiary/aromatic N) is 2. The lowest BCUT2D eigenvalue weighted by Gasteiger charge is -2.23. The fourth-order valence-electron chi connectivity index (χ4n) is 2.88. The van der Waals surface area contributed by atoms with Crippen LogP contribution in [0.1, 0.15) is 58.7 Å².